The van der Waals surface area contributed by atoms with Crippen molar-refractivity contribution in [3.8, 4) is 0 Å². The molecular weight excluding hydrogens is 331 g/mol. The van der Waals surface area contributed by atoms with Crippen LogP contribution in [0.5, 0.6) is 0 Å². The van der Waals surface area contributed by atoms with Crippen LogP contribution in [0.25, 0.3) is 0 Å². The first kappa shape index (κ1) is 20.6. The second kappa shape index (κ2) is 9.74. The maximum absolute atomic E-state index is 12.9. The second-order valence-corrected chi connectivity index (χ2v) is 7.67. The first-order valence-corrected chi connectivity index (χ1v) is 9.84. The largest absolute Gasteiger partial charge is 0.354 e. The van der Waals surface area contributed by atoms with Gasteiger partial charge in [0.1, 0.15) is 5.82 Å². The molecule has 0 unspecified atom stereocenters. The maximum atomic E-state index is 12.9. The molecular formula is C17H27FN2O3S. The van der Waals surface area contributed by atoms with Crippen molar-refractivity contribution in [1.29, 1.82) is 0 Å². The van der Waals surface area contributed by atoms with Crippen LogP contribution in [-0.2, 0) is 14.8 Å². The van der Waals surface area contributed by atoms with Crippen LogP contribution in [0.2, 0.25) is 0 Å². The average Bonchev–Trinajstić information content (AvgIpc) is 2.54. The Bertz CT molecular complexity index is 617. The van der Waals surface area contributed by atoms with Gasteiger partial charge in [0.05, 0.1) is 10.9 Å². The lowest BCUT2D eigenvalue weighted by atomic mass is 9.99. The molecule has 1 aromatic rings. The highest BCUT2D eigenvalue weighted by Crippen LogP contribution is 2.12. The molecule has 1 aromatic carbocycles. The Morgan fingerprint density at radius 3 is 2.38 bits per heavy atom. The van der Waals surface area contributed by atoms with Gasteiger partial charge in [-0.1, -0.05) is 33.1 Å². The lowest BCUT2D eigenvalue weighted by Gasteiger charge is -2.18. The summed E-state index contributed by atoms with van der Waals surface area (Å²) >= 11 is 0. The monoisotopic (exact) mass is 358 g/mol. The van der Waals surface area contributed by atoms with Gasteiger partial charge in [0.15, 0.2) is 0 Å². The molecule has 0 heterocycles. The van der Waals surface area contributed by atoms with Gasteiger partial charge in [0.25, 0.3) is 0 Å². The first-order chi connectivity index (χ1) is 11.3. The quantitative estimate of drug-likeness (QED) is 0.675. The number of rotatable bonds is 10. The molecule has 136 valence electrons. The standard InChI is InChI=1S/C17H27FN2O3S/c1-4-6-7-14(5-2)12-19-17(21)13(3)20-24(22,23)16-10-8-15(18)9-11-16/h8-11,13-14,20H,4-7,12H2,1-3H3,(H,19,21)/t13-,14-/m0/s1. The van der Waals surface area contributed by atoms with Gasteiger partial charge in [-0.3, -0.25) is 4.79 Å². The van der Waals surface area contributed by atoms with Gasteiger partial charge in [-0.05, 0) is 43.5 Å². The van der Waals surface area contributed by atoms with Gasteiger partial charge >= 0.3 is 0 Å². The molecule has 0 aliphatic heterocycles. The van der Waals surface area contributed by atoms with Crippen molar-refractivity contribution in [2.45, 2.75) is 57.4 Å². The summed E-state index contributed by atoms with van der Waals surface area (Å²) in [6.45, 7) is 6.23. The Morgan fingerprint density at radius 1 is 1.21 bits per heavy atom. The molecule has 0 saturated heterocycles. The number of benzene rings is 1. The summed E-state index contributed by atoms with van der Waals surface area (Å²) < 4.78 is 39.6. The van der Waals surface area contributed by atoms with E-state index in [1.54, 1.807) is 0 Å². The van der Waals surface area contributed by atoms with Crippen LogP contribution in [0, 0.1) is 11.7 Å². The minimum Gasteiger partial charge on any atom is -0.354 e. The van der Waals surface area contributed by atoms with E-state index in [0.29, 0.717) is 12.5 Å². The zero-order chi connectivity index (χ0) is 18.2. The van der Waals surface area contributed by atoms with Crippen LogP contribution < -0.4 is 10.0 Å². The third-order valence-corrected chi connectivity index (χ3v) is 5.51. The molecule has 0 aromatic heterocycles. The molecule has 0 spiro atoms. The van der Waals surface area contributed by atoms with Crippen LogP contribution >= 0.6 is 0 Å². The Balaban J connectivity index is 2.58. The van der Waals surface area contributed by atoms with Crippen molar-refractivity contribution in [1.82, 2.24) is 10.0 Å². The number of carbonyl (C=O) groups excluding carboxylic acids is 1. The van der Waals surface area contributed by atoms with Gasteiger partial charge in [0.2, 0.25) is 15.9 Å². The van der Waals surface area contributed by atoms with E-state index in [9.17, 15) is 17.6 Å². The summed E-state index contributed by atoms with van der Waals surface area (Å²) in [5, 5.41) is 2.80. The van der Waals surface area contributed by atoms with Crippen molar-refractivity contribution >= 4 is 15.9 Å². The Kier molecular flexibility index (Phi) is 8.35. The molecule has 0 saturated carbocycles. The summed E-state index contributed by atoms with van der Waals surface area (Å²) in [4.78, 5) is 12.0. The third-order valence-electron chi connectivity index (χ3n) is 3.96. The molecule has 2 atom stereocenters. The summed E-state index contributed by atoms with van der Waals surface area (Å²) in [6.07, 6.45) is 4.23. The topological polar surface area (TPSA) is 75.3 Å². The molecule has 24 heavy (non-hydrogen) atoms. The molecule has 2 N–H and O–H groups in total. The molecule has 1 rings (SSSR count). The summed E-state index contributed by atoms with van der Waals surface area (Å²) in [6, 6.07) is 3.57. The number of hydrogen-bond donors (Lipinski definition) is 2. The van der Waals surface area contributed by atoms with E-state index in [4.69, 9.17) is 0 Å². The minimum absolute atomic E-state index is 0.0714. The summed E-state index contributed by atoms with van der Waals surface area (Å²) in [5.41, 5.74) is 0. The average molecular weight is 358 g/mol. The normalized spacial score (nSPS) is 14.2. The lowest BCUT2D eigenvalue weighted by molar-refractivity contribution is -0.122. The van der Waals surface area contributed by atoms with Crippen LogP contribution in [0.15, 0.2) is 29.2 Å². The lowest BCUT2D eigenvalue weighted by Crippen LogP contribution is -2.45. The Labute approximate surface area is 144 Å². The fourth-order valence-electron chi connectivity index (χ4n) is 2.31. The predicted molar refractivity (Wildman–Crippen MR) is 92.5 cm³/mol. The molecule has 5 nitrogen and oxygen atoms in total. The van der Waals surface area contributed by atoms with E-state index in [0.717, 1.165) is 37.8 Å². The molecule has 0 radical (unpaired) electrons. The van der Waals surface area contributed by atoms with E-state index in [1.807, 2.05) is 0 Å². The van der Waals surface area contributed by atoms with Gasteiger partial charge in [-0.25, -0.2) is 12.8 Å². The Hall–Kier alpha value is -1.47. The van der Waals surface area contributed by atoms with Crippen LogP contribution in [0.3, 0.4) is 0 Å². The fourth-order valence-corrected chi connectivity index (χ4v) is 3.51. The SMILES string of the molecule is CCCC[C@H](CC)CNC(=O)[C@H](C)NS(=O)(=O)c1ccc(F)cc1. The Morgan fingerprint density at radius 2 is 1.83 bits per heavy atom. The number of nitrogens with one attached hydrogen (secondary N) is 2. The van der Waals surface area contributed by atoms with Crippen LogP contribution in [0.4, 0.5) is 4.39 Å². The minimum atomic E-state index is -3.86. The first-order valence-electron chi connectivity index (χ1n) is 8.35. The van der Waals surface area contributed by atoms with E-state index < -0.39 is 21.9 Å². The fraction of sp³-hybridized carbons (Fsp3) is 0.588. The van der Waals surface area contributed by atoms with E-state index in [1.165, 1.54) is 19.1 Å². The van der Waals surface area contributed by atoms with Crippen molar-refractivity contribution < 1.29 is 17.6 Å². The highest BCUT2D eigenvalue weighted by Gasteiger charge is 2.22. The van der Waals surface area contributed by atoms with Gasteiger partial charge < -0.3 is 5.32 Å². The van der Waals surface area contributed by atoms with Crippen molar-refractivity contribution in [3.63, 3.8) is 0 Å². The number of halogens is 1. The molecule has 1 amide bonds. The molecule has 0 aliphatic rings. The maximum Gasteiger partial charge on any atom is 0.241 e. The van der Waals surface area contributed by atoms with Crippen LogP contribution in [0.1, 0.15) is 46.5 Å². The smallest absolute Gasteiger partial charge is 0.241 e. The number of amides is 1. The zero-order valence-corrected chi connectivity index (χ0v) is 15.3. The second-order valence-electron chi connectivity index (χ2n) is 5.96. The summed E-state index contributed by atoms with van der Waals surface area (Å²) in [7, 11) is -3.86. The number of sulfonamides is 1. The highest BCUT2D eigenvalue weighted by atomic mass is 32.2. The van der Waals surface area contributed by atoms with Crippen molar-refractivity contribution in [3.05, 3.63) is 30.1 Å². The van der Waals surface area contributed by atoms with Gasteiger partial charge in [-0.2, -0.15) is 4.72 Å². The van der Waals surface area contributed by atoms with Crippen molar-refractivity contribution in [2.75, 3.05) is 6.54 Å². The molecule has 7 heteroatoms. The van der Waals surface area contributed by atoms with Crippen molar-refractivity contribution in [2.24, 2.45) is 5.92 Å². The van der Waals surface area contributed by atoms with E-state index in [-0.39, 0.29) is 10.8 Å². The highest BCUT2D eigenvalue weighted by molar-refractivity contribution is 7.89. The van der Waals surface area contributed by atoms with E-state index in [2.05, 4.69) is 23.9 Å². The van der Waals surface area contributed by atoms with Gasteiger partial charge in [0, 0.05) is 6.54 Å². The van der Waals surface area contributed by atoms with Crippen LogP contribution in [-0.4, -0.2) is 26.9 Å². The molecule has 0 aliphatic carbocycles. The third kappa shape index (κ3) is 6.57. The number of carbonyl (C=O) groups is 1. The molecule has 0 fully saturated rings. The predicted octanol–water partition coefficient (Wildman–Crippen LogP) is 2.83. The van der Waals surface area contributed by atoms with Gasteiger partial charge in [-0.15, -0.1) is 0 Å². The molecule has 0 bridgehead atoms. The number of unbranched alkanes of at least 4 members (excludes halogenated alkanes) is 1. The zero-order valence-electron chi connectivity index (χ0n) is 14.5. The summed E-state index contributed by atoms with van der Waals surface area (Å²) in [5.74, 6) is -0.483. The van der Waals surface area contributed by atoms with E-state index >= 15 is 0 Å². The number of hydrogen-bond acceptors (Lipinski definition) is 3.